The molecule has 55 heavy (non-hydrogen) atoms. The molecule has 0 fully saturated rings. The Morgan fingerprint density at radius 2 is 0.709 bits per heavy atom. The third kappa shape index (κ3) is 5.13. The van der Waals surface area contributed by atoms with Crippen molar-refractivity contribution < 1.29 is 0 Å². The minimum absolute atomic E-state index is 0.0287. The minimum atomic E-state index is -0.0287. The van der Waals surface area contributed by atoms with E-state index in [0.717, 1.165) is 0 Å². The molecule has 1 aliphatic carbocycles. The fourth-order valence-corrected chi connectivity index (χ4v) is 9.25. The Hall–Kier alpha value is -6.76. The Labute approximate surface area is 322 Å². The third-order valence-corrected chi connectivity index (χ3v) is 12.2. The fourth-order valence-electron chi connectivity index (χ4n) is 9.25. The molecule has 0 heteroatoms. The van der Waals surface area contributed by atoms with Crippen molar-refractivity contribution in [2.45, 2.75) is 19.3 Å². The van der Waals surface area contributed by atoms with E-state index in [0.29, 0.717) is 0 Å². The van der Waals surface area contributed by atoms with Crippen LogP contribution >= 0.6 is 0 Å². The van der Waals surface area contributed by atoms with Crippen LogP contribution in [0.5, 0.6) is 0 Å². The molecule has 0 radical (unpaired) electrons. The third-order valence-electron chi connectivity index (χ3n) is 12.2. The minimum Gasteiger partial charge on any atom is -0.0622 e. The highest BCUT2D eigenvalue weighted by Gasteiger charge is 2.35. The molecule has 0 saturated heterocycles. The van der Waals surface area contributed by atoms with Crippen LogP contribution in [-0.4, -0.2) is 0 Å². The molecule has 0 unspecified atom stereocenters. The van der Waals surface area contributed by atoms with Gasteiger partial charge in [-0.15, -0.1) is 0 Å². The Balaban J connectivity index is 0.986. The molecule has 10 aromatic carbocycles. The molecule has 0 bridgehead atoms. The molecule has 258 valence electrons. The molecule has 1 aliphatic rings. The summed E-state index contributed by atoms with van der Waals surface area (Å²) in [5.41, 5.74) is 15.4. The van der Waals surface area contributed by atoms with Crippen LogP contribution in [-0.2, 0) is 5.41 Å². The van der Waals surface area contributed by atoms with Gasteiger partial charge in [-0.2, -0.15) is 0 Å². The second-order valence-electron chi connectivity index (χ2n) is 15.8. The molecule has 0 amide bonds. The van der Waals surface area contributed by atoms with Gasteiger partial charge < -0.3 is 0 Å². The van der Waals surface area contributed by atoms with Gasteiger partial charge in [-0.25, -0.2) is 0 Å². The van der Waals surface area contributed by atoms with Gasteiger partial charge in [-0.1, -0.05) is 159 Å². The maximum absolute atomic E-state index is 2.47. The second-order valence-corrected chi connectivity index (χ2v) is 15.8. The van der Waals surface area contributed by atoms with Crippen molar-refractivity contribution in [2.24, 2.45) is 0 Å². The Kier molecular flexibility index (Phi) is 7.00. The molecule has 10 aromatic rings. The summed E-state index contributed by atoms with van der Waals surface area (Å²) in [7, 11) is 0. The number of benzene rings is 10. The number of fused-ring (bicyclic) bond motifs is 9. The van der Waals surface area contributed by atoms with Gasteiger partial charge in [0, 0.05) is 5.41 Å². The zero-order valence-electron chi connectivity index (χ0n) is 31.0. The lowest BCUT2D eigenvalue weighted by Gasteiger charge is -2.22. The molecule has 0 nitrogen and oxygen atoms in total. The standard InChI is InChI=1S/C55H38/c1-55(2)53-16-10-9-15-49(53)52-33-43-20-18-37-17-19-40(32-50(37)51(43)34-54(52)55)38-23-25-47-41(27-38)21-22-42-28-39(24-26-48(42)47)46-30-44(35-11-5-3-6-12-35)29-45(31-46)36-13-7-4-8-14-36/h3-34H,1-2H3. The Morgan fingerprint density at radius 3 is 1.35 bits per heavy atom. The maximum atomic E-state index is 2.47. The predicted molar refractivity (Wildman–Crippen MR) is 236 cm³/mol. The van der Waals surface area contributed by atoms with Crippen LogP contribution < -0.4 is 0 Å². The van der Waals surface area contributed by atoms with Crippen molar-refractivity contribution in [3.8, 4) is 55.6 Å². The first-order chi connectivity index (χ1) is 27.0. The summed E-state index contributed by atoms with van der Waals surface area (Å²) < 4.78 is 0. The zero-order chi connectivity index (χ0) is 36.7. The molecule has 0 aliphatic heterocycles. The van der Waals surface area contributed by atoms with Gasteiger partial charge in [-0.3, -0.25) is 0 Å². The van der Waals surface area contributed by atoms with Gasteiger partial charge in [0.05, 0.1) is 0 Å². The zero-order valence-corrected chi connectivity index (χ0v) is 31.0. The summed E-state index contributed by atoms with van der Waals surface area (Å²) in [6, 6.07) is 72.2. The number of hydrogen-bond donors (Lipinski definition) is 0. The molecule has 0 spiro atoms. The molecule has 0 aromatic heterocycles. The van der Waals surface area contributed by atoms with Crippen molar-refractivity contribution in [3.05, 3.63) is 205 Å². The van der Waals surface area contributed by atoms with E-state index in [1.54, 1.807) is 0 Å². The van der Waals surface area contributed by atoms with Gasteiger partial charge in [0.25, 0.3) is 0 Å². The van der Waals surface area contributed by atoms with E-state index in [4.69, 9.17) is 0 Å². The van der Waals surface area contributed by atoms with Crippen LogP contribution in [0.15, 0.2) is 194 Å². The van der Waals surface area contributed by atoms with E-state index in [2.05, 4.69) is 208 Å². The fraction of sp³-hybridized carbons (Fsp3) is 0.0545. The molecule has 0 atom stereocenters. The second kappa shape index (κ2) is 12.1. The van der Waals surface area contributed by atoms with Gasteiger partial charge in [-0.05, 0) is 158 Å². The van der Waals surface area contributed by atoms with Crippen molar-refractivity contribution in [2.75, 3.05) is 0 Å². The molecule has 0 N–H and O–H groups in total. The van der Waals surface area contributed by atoms with E-state index < -0.39 is 0 Å². The molecular formula is C55H38. The van der Waals surface area contributed by atoms with E-state index in [1.807, 2.05) is 0 Å². The first-order valence-electron chi connectivity index (χ1n) is 19.3. The highest BCUT2D eigenvalue weighted by Crippen LogP contribution is 2.50. The normalized spacial score (nSPS) is 13.1. The first-order valence-corrected chi connectivity index (χ1v) is 19.3. The van der Waals surface area contributed by atoms with E-state index in [1.165, 1.54) is 110 Å². The average molecular weight is 699 g/mol. The lowest BCUT2D eigenvalue weighted by molar-refractivity contribution is 0.661. The molecule has 0 heterocycles. The molecular weight excluding hydrogens is 661 g/mol. The van der Waals surface area contributed by atoms with Crippen molar-refractivity contribution in [3.63, 3.8) is 0 Å². The molecule has 11 rings (SSSR count). The van der Waals surface area contributed by atoms with Crippen molar-refractivity contribution >= 4 is 43.1 Å². The highest BCUT2D eigenvalue weighted by molar-refractivity contribution is 6.12. The summed E-state index contributed by atoms with van der Waals surface area (Å²) in [5, 5.41) is 10.3. The van der Waals surface area contributed by atoms with Crippen LogP contribution in [0, 0.1) is 0 Å². The summed E-state index contributed by atoms with van der Waals surface area (Å²) in [5.74, 6) is 0. The van der Waals surface area contributed by atoms with Gasteiger partial charge >= 0.3 is 0 Å². The highest BCUT2D eigenvalue weighted by atomic mass is 14.4. The van der Waals surface area contributed by atoms with E-state index in [-0.39, 0.29) is 5.41 Å². The smallest absolute Gasteiger partial charge is 0.0159 e. The van der Waals surface area contributed by atoms with Crippen molar-refractivity contribution in [1.29, 1.82) is 0 Å². The van der Waals surface area contributed by atoms with Gasteiger partial charge in [0.15, 0.2) is 0 Å². The maximum Gasteiger partial charge on any atom is 0.0159 e. The van der Waals surface area contributed by atoms with Crippen LogP contribution in [0.4, 0.5) is 0 Å². The van der Waals surface area contributed by atoms with Crippen molar-refractivity contribution in [1.82, 2.24) is 0 Å². The van der Waals surface area contributed by atoms with Crippen LogP contribution in [0.1, 0.15) is 25.0 Å². The Bertz CT molecular complexity index is 3090. The lowest BCUT2D eigenvalue weighted by atomic mass is 9.81. The molecule has 0 saturated carbocycles. The predicted octanol–water partition coefficient (Wildman–Crippen LogP) is 15.3. The largest absolute Gasteiger partial charge is 0.0622 e. The van der Waals surface area contributed by atoms with E-state index in [9.17, 15) is 0 Å². The van der Waals surface area contributed by atoms with Gasteiger partial charge in [0.2, 0.25) is 0 Å². The first kappa shape index (κ1) is 31.7. The lowest BCUT2D eigenvalue weighted by Crippen LogP contribution is -2.14. The van der Waals surface area contributed by atoms with Crippen LogP contribution in [0.2, 0.25) is 0 Å². The van der Waals surface area contributed by atoms with E-state index >= 15 is 0 Å². The quantitative estimate of drug-likeness (QED) is 0.161. The summed E-state index contributed by atoms with van der Waals surface area (Å²) >= 11 is 0. The summed E-state index contributed by atoms with van der Waals surface area (Å²) in [6.45, 7) is 4.73. The van der Waals surface area contributed by atoms with Gasteiger partial charge in [0.1, 0.15) is 0 Å². The van der Waals surface area contributed by atoms with Crippen LogP contribution in [0.25, 0.3) is 98.7 Å². The number of hydrogen-bond acceptors (Lipinski definition) is 0. The Morgan fingerprint density at radius 1 is 0.255 bits per heavy atom. The SMILES string of the molecule is CC1(C)c2ccccc2-c2cc3ccc4ccc(-c5ccc6c(ccc7cc(-c8cc(-c9ccccc9)cc(-c9ccccc9)c8)ccc76)c5)cc4c3cc21. The summed E-state index contributed by atoms with van der Waals surface area (Å²) in [6.07, 6.45) is 0. The summed E-state index contributed by atoms with van der Waals surface area (Å²) in [4.78, 5) is 0. The van der Waals surface area contributed by atoms with Crippen LogP contribution in [0.3, 0.4) is 0 Å². The monoisotopic (exact) mass is 698 g/mol. The number of rotatable bonds is 4. The average Bonchev–Trinajstić information content (AvgIpc) is 3.47. The topological polar surface area (TPSA) is 0 Å².